The second-order valence-electron chi connectivity index (χ2n) is 5.36. The van der Waals surface area contributed by atoms with E-state index >= 15 is 0 Å². The van der Waals surface area contributed by atoms with Crippen LogP contribution in [0.5, 0.6) is 0 Å². The molecular weight excluding hydrogens is 330 g/mol. The molecule has 0 aliphatic carbocycles. The first-order chi connectivity index (χ1) is 11.4. The average molecular weight is 349 g/mol. The third-order valence-electron chi connectivity index (χ3n) is 3.50. The summed E-state index contributed by atoms with van der Waals surface area (Å²) < 4.78 is 26.9. The number of nitrogens with one attached hydrogen (secondary N) is 1. The Balaban J connectivity index is 1.95. The zero-order valence-electron chi connectivity index (χ0n) is 13.0. The van der Waals surface area contributed by atoms with Gasteiger partial charge < -0.3 is 5.73 Å². The molecule has 24 heavy (non-hydrogen) atoms. The summed E-state index contributed by atoms with van der Waals surface area (Å²) in [6, 6.07) is 14.7. The molecule has 0 heterocycles. The number of rotatable bonds is 8. The number of nitrogens with zero attached hydrogens (tertiary/aromatic N) is 1. The van der Waals surface area contributed by atoms with Gasteiger partial charge in [-0.3, -0.25) is 10.1 Å². The molecule has 1 unspecified atom stereocenters. The van der Waals surface area contributed by atoms with Crippen molar-refractivity contribution in [2.24, 2.45) is 5.73 Å². The van der Waals surface area contributed by atoms with Gasteiger partial charge in [0, 0.05) is 18.7 Å². The van der Waals surface area contributed by atoms with E-state index in [4.69, 9.17) is 5.73 Å². The number of sulfonamides is 1. The van der Waals surface area contributed by atoms with E-state index in [0.717, 1.165) is 11.6 Å². The molecule has 2 aromatic carbocycles. The first kappa shape index (κ1) is 18.1. The Bertz CT molecular complexity index is 794. The molecule has 0 aliphatic heterocycles. The molecule has 0 saturated heterocycles. The van der Waals surface area contributed by atoms with E-state index in [0.29, 0.717) is 12.8 Å². The molecule has 2 rings (SSSR count). The highest BCUT2D eigenvalue weighted by Gasteiger charge is 2.24. The van der Waals surface area contributed by atoms with Crippen molar-refractivity contribution in [1.82, 2.24) is 4.72 Å². The molecule has 3 N–H and O–H groups in total. The molecule has 0 saturated carbocycles. The smallest absolute Gasteiger partial charge is 0.289 e. The van der Waals surface area contributed by atoms with Crippen LogP contribution in [0.25, 0.3) is 0 Å². The van der Waals surface area contributed by atoms with Gasteiger partial charge in [0.05, 0.1) is 4.92 Å². The maximum Gasteiger partial charge on any atom is 0.289 e. The largest absolute Gasteiger partial charge is 0.327 e. The van der Waals surface area contributed by atoms with Crippen molar-refractivity contribution in [3.8, 4) is 0 Å². The molecule has 128 valence electrons. The first-order valence-electron chi connectivity index (χ1n) is 7.43. The lowest BCUT2D eigenvalue weighted by Gasteiger charge is -2.12. The summed E-state index contributed by atoms with van der Waals surface area (Å²) >= 11 is 0. The predicted octanol–water partition coefficient (Wildman–Crippen LogP) is 1.83. The van der Waals surface area contributed by atoms with Gasteiger partial charge in [0.15, 0.2) is 4.90 Å². The molecule has 0 radical (unpaired) electrons. The van der Waals surface area contributed by atoms with Gasteiger partial charge in [0.1, 0.15) is 0 Å². The van der Waals surface area contributed by atoms with E-state index in [1.54, 1.807) is 0 Å². The minimum absolute atomic E-state index is 0.113. The third kappa shape index (κ3) is 4.85. The van der Waals surface area contributed by atoms with Gasteiger partial charge in [0.25, 0.3) is 5.69 Å². The molecule has 0 fully saturated rings. The van der Waals surface area contributed by atoms with Crippen LogP contribution in [0.4, 0.5) is 5.69 Å². The van der Waals surface area contributed by atoms with Crippen molar-refractivity contribution in [2.75, 3.05) is 6.54 Å². The summed E-state index contributed by atoms with van der Waals surface area (Å²) in [5.41, 5.74) is 6.64. The zero-order valence-corrected chi connectivity index (χ0v) is 13.8. The number of benzene rings is 2. The Hall–Kier alpha value is -2.29. The molecule has 0 amide bonds. The maximum absolute atomic E-state index is 12.2. The van der Waals surface area contributed by atoms with Crippen molar-refractivity contribution in [1.29, 1.82) is 0 Å². The number of hydrogen-bond donors (Lipinski definition) is 2. The Morgan fingerprint density at radius 2 is 1.71 bits per heavy atom. The van der Waals surface area contributed by atoms with E-state index in [-0.39, 0.29) is 17.5 Å². The second kappa shape index (κ2) is 8.00. The predicted molar refractivity (Wildman–Crippen MR) is 91.0 cm³/mol. The van der Waals surface area contributed by atoms with E-state index in [9.17, 15) is 18.5 Å². The molecule has 8 heteroatoms. The van der Waals surface area contributed by atoms with Crippen LogP contribution < -0.4 is 10.5 Å². The van der Waals surface area contributed by atoms with Crippen molar-refractivity contribution in [3.05, 3.63) is 70.3 Å². The van der Waals surface area contributed by atoms with Gasteiger partial charge in [-0.05, 0) is 24.5 Å². The Morgan fingerprint density at radius 3 is 2.38 bits per heavy atom. The number of hydrogen-bond acceptors (Lipinski definition) is 5. The van der Waals surface area contributed by atoms with Crippen LogP contribution in [0.15, 0.2) is 59.5 Å². The Morgan fingerprint density at radius 1 is 1.08 bits per heavy atom. The molecule has 7 nitrogen and oxygen atoms in total. The molecule has 0 aromatic heterocycles. The number of nitro groups is 1. The molecule has 0 aliphatic rings. The topological polar surface area (TPSA) is 115 Å². The summed E-state index contributed by atoms with van der Waals surface area (Å²) in [4.78, 5) is 9.89. The molecule has 0 bridgehead atoms. The fraction of sp³-hybridized carbons (Fsp3) is 0.250. The Labute approximate surface area is 140 Å². The minimum atomic E-state index is -3.95. The molecule has 0 spiro atoms. The van der Waals surface area contributed by atoms with Gasteiger partial charge in [0.2, 0.25) is 10.0 Å². The lowest BCUT2D eigenvalue weighted by molar-refractivity contribution is -0.387. The summed E-state index contributed by atoms with van der Waals surface area (Å²) in [6.07, 6.45) is 1.06. The highest BCUT2D eigenvalue weighted by Crippen LogP contribution is 2.22. The number of para-hydroxylation sites is 1. The summed E-state index contributed by atoms with van der Waals surface area (Å²) in [6.45, 7) is 0.113. The third-order valence-corrected chi connectivity index (χ3v) is 5.01. The van der Waals surface area contributed by atoms with Crippen molar-refractivity contribution >= 4 is 15.7 Å². The van der Waals surface area contributed by atoms with E-state index in [1.807, 2.05) is 30.3 Å². The van der Waals surface area contributed by atoms with Crippen LogP contribution in [-0.4, -0.2) is 25.9 Å². The van der Waals surface area contributed by atoms with Crippen LogP contribution in [0.3, 0.4) is 0 Å². The van der Waals surface area contributed by atoms with Gasteiger partial charge in [-0.2, -0.15) is 0 Å². The molecule has 1 atom stereocenters. The van der Waals surface area contributed by atoms with E-state index in [1.165, 1.54) is 18.2 Å². The van der Waals surface area contributed by atoms with Crippen LogP contribution >= 0.6 is 0 Å². The SMILES string of the molecule is NC(CCNS(=O)(=O)c1ccccc1[N+](=O)[O-])Cc1ccccc1. The van der Waals surface area contributed by atoms with Crippen LogP contribution in [0.2, 0.25) is 0 Å². The summed E-state index contributed by atoms with van der Waals surface area (Å²) in [5.74, 6) is 0. The van der Waals surface area contributed by atoms with Gasteiger partial charge in [-0.25, -0.2) is 13.1 Å². The van der Waals surface area contributed by atoms with Crippen LogP contribution in [0.1, 0.15) is 12.0 Å². The second-order valence-corrected chi connectivity index (χ2v) is 7.10. The minimum Gasteiger partial charge on any atom is -0.327 e. The van der Waals surface area contributed by atoms with Gasteiger partial charge >= 0.3 is 0 Å². The lowest BCUT2D eigenvalue weighted by Crippen LogP contribution is -2.31. The van der Waals surface area contributed by atoms with Gasteiger partial charge in [-0.1, -0.05) is 42.5 Å². The highest BCUT2D eigenvalue weighted by molar-refractivity contribution is 7.89. The quantitative estimate of drug-likeness (QED) is 0.557. The first-order valence-corrected chi connectivity index (χ1v) is 8.91. The zero-order chi connectivity index (χ0) is 17.6. The van der Waals surface area contributed by atoms with Gasteiger partial charge in [-0.15, -0.1) is 0 Å². The normalized spacial score (nSPS) is 12.7. The van der Waals surface area contributed by atoms with E-state index < -0.39 is 20.6 Å². The summed E-state index contributed by atoms with van der Waals surface area (Å²) in [7, 11) is -3.95. The fourth-order valence-electron chi connectivity index (χ4n) is 2.31. The lowest BCUT2D eigenvalue weighted by atomic mass is 10.0. The Kier molecular flexibility index (Phi) is 6.02. The number of nitrogens with two attached hydrogens (primary N) is 1. The highest BCUT2D eigenvalue weighted by atomic mass is 32.2. The van der Waals surface area contributed by atoms with Crippen molar-refractivity contribution in [3.63, 3.8) is 0 Å². The monoisotopic (exact) mass is 349 g/mol. The van der Waals surface area contributed by atoms with Crippen molar-refractivity contribution in [2.45, 2.75) is 23.8 Å². The van der Waals surface area contributed by atoms with E-state index in [2.05, 4.69) is 4.72 Å². The fourth-order valence-corrected chi connectivity index (χ4v) is 3.53. The number of nitro benzene ring substituents is 1. The average Bonchev–Trinajstić information content (AvgIpc) is 2.55. The molecular formula is C16H19N3O4S. The standard InChI is InChI=1S/C16H19N3O4S/c17-14(12-13-6-2-1-3-7-13)10-11-18-24(22,23)16-9-5-4-8-15(16)19(20)21/h1-9,14,18H,10-12,17H2. The maximum atomic E-state index is 12.2. The van der Waals surface area contributed by atoms with Crippen molar-refractivity contribution < 1.29 is 13.3 Å². The summed E-state index contributed by atoms with van der Waals surface area (Å²) in [5, 5.41) is 10.9. The van der Waals surface area contributed by atoms with Crippen LogP contribution in [0, 0.1) is 10.1 Å². The molecule has 2 aromatic rings. The van der Waals surface area contributed by atoms with Crippen LogP contribution in [-0.2, 0) is 16.4 Å².